The zero-order chi connectivity index (χ0) is 13.1. The SMILES string of the molecule is CC(c1ccc(Cl)cc1)N(C)c1nccnc1N. The second kappa shape index (κ2) is 5.23. The van der Waals surface area contributed by atoms with E-state index in [4.69, 9.17) is 17.3 Å². The summed E-state index contributed by atoms with van der Waals surface area (Å²) in [4.78, 5) is 10.3. The highest BCUT2D eigenvalue weighted by Crippen LogP contribution is 2.26. The molecular weight excluding hydrogens is 248 g/mol. The molecule has 1 aromatic carbocycles. The molecule has 0 aliphatic heterocycles. The Morgan fingerprint density at radius 2 is 1.78 bits per heavy atom. The molecule has 1 atom stereocenters. The van der Waals surface area contributed by atoms with Gasteiger partial charge >= 0.3 is 0 Å². The van der Waals surface area contributed by atoms with E-state index in [0.717, 1.165) is 10.6 Å². The fourth-order valence-corrected chi connectivity index (χ4v) is 1.89. The lowest BCUT2D eigenvalue weighted by Crippen LogP contribution is -2.24. The summed E-state index contributed by atoms with van der Waals surface area (Å²) in [7, 11) is 1.94. The van der Waals surface area contributed by atoms with E-state index in [1.165, 1.54) is 0 Å². The molecule has 94 valence electrons. The van der Waals surface area contributed by atoms with E-state index < -0.39 is 0 Å². The number of hydrogen-bond donors (Lipinski definition) is 1. The molecule has 0 radical (unpaired) electrons. The first-order valence-electron chi connectivity index (χ1n) is 5.64. The highest BCUT2D eigenvalue weighted by Gasteiger charge is 2.15. The van der Waals surface area contributed by atoms with Crippen molar-refractivity contribution in [2.45, 2.75) is 13.0 Å². The van der Waals surface area contributed by atoms with E-state index in [0.29, 0.717) is 11.6 Å². The van der Waals surface area contributed by atoms with E-state index >= 15 is 0 Å². The van der Waals surface area contributed by atoms with Crippen molar-refractivity contribution in [1.29, 1.82) is 0 Å². The first-order chi connectivity index (χ1) is 8.59. The lowest BCUT2D eigenvalue weighted by Gasteiger charge is -2.26. The minimum atomic E-state index is 0.140. The minimum Gasteiger partial charge on any atom is -0.381 e. The molecule has 0 bridgehead atoms. The summed E-state index contributed by atoms with van der Waals surface area (Å²) in [5.41, 5.74) is 6.97. The summed E-state index contributed by atoms with van der Waals surface area (Å²) in [6.45, 7) is 2.08. The maximum Gasteiger partial charge on any atom is 0.171 e. The quantitative estimate of drug-likeness (QED) is 0.924. The van der Waals surface area contributed by atoms with Gasteiger partial charge in [-0.05, 0) is 24.6 Å². The molecule has 0 amide bonds. The van der Waals surface area contributed by atoms with Gasteiger partial charge < -0.3 is 10.6 Å². The Labute approximate surface area is 111 Å². The van der Waals surface area contributed by atoms with Gasteiger partial charge in [0.2, 0.25) is 0 Å². The molecule has 1 heterocycles. The summed E-state index contributed by atoms with van der Waals surface area (Å²) in [6, 6.07) is 7.88. The van der Waals surface area contributed by atoms with Crippen molar-refractivity contribution in [3.63, 3.8) is 0 Å². The smallest absolute Gasteiger partial charge is 0.171 e. The number of nitrogens with two attached hydrogens (primary N) is 1. The predicted octanol–water partition coefficient (Wildman–Crippen LogP) is 2.91. The van der Waals surface area contributed by atoms with Gasteiger partial charge in [0.1, 0.15) is 0 Å². The molecule has 0 aliphatic carbocycles. The van der Waals surface area contributed by atoms with Crippen LogP contribution in [0, 0.1) is 0 Å². The maximum atomic E-state index is 5.88. The van der Waals surface area contributed by atoms with E-state index in [1.54, 1.807) is 12.4 Å². The van der Waals surface area contributed by atoms with Crippen LogP contribution in [0.15, 0.2) is 36.7 Å². The summed E-state index contributed by atoms with van der Waals surface area (Å²) in [5, 5.41) is 0.729. The Hall–Kier alpha value is -1.81. The topological polar surface area (TPSA) is 55.0 Å². The third-order valence-electron chi connectivity index (χ3n) is 2.97. The number of nitrogens with zero attached hydrogens (tertiary/aromatic N) is 3. The molecule has 18 heavy (non-hydrogen) atoms. The summed E-state index contributed by atoms with van der Waals surface area (Å²) < 4.78 is 0. The number of rotatable bonds is 3. The fourth-order valence-electron chi connectivity index (χ4n) is 1.76. The summed E-state index contributed by atoms with van der Waals surface area (Å²) in [5.74, 6) is 1.11. The molecule has 0 saturated heterocycles. The largest absolute Gasteiger partial charge is 0.381 e. The number of aromatic nitrogens is 2. The molecule has 1 aromatic heterocycles. The normalized spacial score (nSPS) is 12.2. The van der Waals surface area contributed by atoms with Crippen LogP contribution in [-0.4, -0.2) is 17.0 Å². The highest BCUT2D eigenvalue weighted by atomic mass is 35.5. The van der Waals surface area contributed by atoms with E-state index in [2.05, 4.69) is 16.9 Å². The average Bonchev–Trinajstić information content (AvgIpc) is 2.38. The van der Waals surface area contributed by atoms with Gasteiger partial charge in [-0.3, -0.25) is 0 Å². The van der Waals surface area contributed by atoms with Crippen LogP contribution in [0.4, 0.5) is 11.6 Å². The van der Waals surface area contributed by atoms with Gasteiger partial charge in [0, 0.05) is 24.5 Å². The first-order valence-corrected chi connectivity index (χ1v) is 6.02. The molecule has 2 aromatic rings. The van der Waals surface area contributed by atoms with Gasteiger partial charge in [-0.2, -0.15) is 0 Å². The molecular formula is C13H15ClN4. The van der Waals surface area contributed by atoms with Gasteiger partial charge in [0.05, 0.1) is 6.04 Å². The molecule has 0 saturated carbocycles. The third kappa shape index (κ3) is 2.54. The van der Waals surface area contributed by atoms with Gasteiger partial charge in [0.25, 0.3) is 0 Å². The molecule has 1 unspecified atom stereocenters. The minimum absolute atomic E-state index is 0.140. The van der Waals surface area contributed by atoms with E-state index in [-0.39, 0.29) is 6.04 Å². The Morgan fingerprint density at radius 3 is 2.39 bits per heavy atom. The van der Waals surface area contributed by atoms with Crippen LogP contribution in [0.2, 0.25) is 5.02 Å². The van der Waals surface area contributed by atoms with E-state index in [9.17, 15) is 0 Å². The van der Waals surface area contributed by atoms with Crippen molar-refractivity contribution in [3.05, 3.63) is 47.2 Å². The van der Waals surface area contributed by atoms with Crippen molar-refractivity contribution in [2.75, 3.05) is 17.7 Å². The maximum absolute atomic E-state index is 5.88. The molecule has 2 N–H and O–H groups in total. The lowest BCUT2D eigenvalue weighted by molar-refractivity contribution is 0.728. The number of halogens is 1. The van der Waals surface area contributed by atoms with Crippen molar-refractivity contribution < 1.29 is 0 Å². The highest BCUT2D eigenvalue weighted by molar-refractivity contribution is 6.30. The molecule has 0 aliphatic rings. The predicted molar refractivity (Wildman–Crippen MR) is 74.7 cm³/mol. The Bertz CT molecular complexity index is 527. The lowest BCUT2D eigenvalue weighted by atomic mass is 10.1. The van der Waals surface area contributed by atoms with Crippen LogP contribution < -0.4 is 10.6 Å². The first kappa shape index (κ1) is 12.6. The van der Waals surface area contributed by atoms with Crippen LogP contribution in [0.25, 0.3) is 0 Å². The Morgan fingerprint density at radius 1 is 1.17 bits per heavy atom. The number of anilines is 2. The molecule has 0 fully saturated rings. The van der Waals surface area contributed by atoms with Gasteiger partial charge in [-0.15, -0.1) is 0 Å². The van der Waals surface area contributed by atoms with Gasteiger partial charge in [0.15, 0.2) is 11.6 Å². The van der Waals surface area contributed by atoms with Crippen LogP contribution >= 0.6 is 11.6 Å². The molecule has 2 rings (SSSR count). The van der Waals surface area contributed by atoms with Crippen molar-refractivity contribution >= 4 is 23.2 Å². The monoisotopic (exact) mass is 262 g/mol. The number of hydrogen-bond acceptors (Lipinski definition) is 4. The second-order valence-electron chi connectivity index (χ2n) is 4.10. The van der Waals surface area contributed by atoms with Crippen LogP contribution in [0.1, 0.15) is 18.5 Å². The van der Waals surface area contributed by atoms with Crippen molar-refractivity contribution in [3.8, 4) is 0 Å². The average molecular weight is 263 g/mol. The second-order valence-corrected chi connectivity index (χ2v) is 4.54. The Kier molecular flexibility index (Phi) is 3.67. The summed E-state index contributed by atoms with van der Waals surface area (Å²) in [6.07, 6.45) is 3.22. The van der Waals surface area contributed by atoms with Crippen molar-refractivity contribution in [1.82, 2.24) is 9.97 Å². The van der Waals surface area contributed by atoms with Crippen LogP contribution in [0.5, 0.6) is 0 Å². The fraction of sp³-hybridized carbons (Fsp3) is 0.231. The summed E-state index contributed by atoms with van der Waals surface area (Å²) >= 11 is 5.88. The van der Waals surface area contributed by atoms with Gasteiger partial charge in [-0.1, -0.05) is 23.7 Å². The van der Waals surface area contributed by atoms with Gasteiger partial charge in [-0.25, -0.2) is 9.97 Å². The zero-order valence-corrected chi connectivity index (χ0v) is 11.1. The number of benzene rings is 1. The molecule has 4 nitrogen and oxygen atoms in total. The standard InChI is InChI=1S/C13H15ClN4/c1-9(10-3-5-11(14)6-4-10)18(2)13-12(15)16-7-8-17-13/h3-9H,1-2H3,(H2,15,16). The van der Waals surface area contributed by atoms with Crippen molar-refractivity contribution in [2.24, 2.45) is 0 Å². The van der Waals surface area contributed by atoms with Crippen LogP contribution in [0.3, 0.4) is 0 Å². The van der Waals surface area contributed by atoms with E-state index in [1.807, 2.05) is 36.2 Å². The molecule has 0 spiro atoms. The van der Waals surface area contributed by atoms with Crippen LogP contribution in [-0.2, 0) is 0 Å². The Balaban J connectivity index is 2.26. The molecule has 5 heteroatoms. The zero-order valence-electron chi connectivity index (χ0n) is 10.3. The number of nitrogen functional groups attached to an aromatic ring is 1. The third-order valence-corrected chi connectivity index (χ3v) is 3.23.